The van der Waals surface area contributed by atoms with E-state index in [1.165, 1.54) is 0 Å². The lowest BCUT2D eigenvalue weighted by molar-refractivity contribution is 0.0986. The lowest BCUT2D eigenvalue weighted by Gasteiger charge is -2.30. The molecule has 4 rings (SSSR count). The highest BCUT2D eigenvalue weighted by Crippen LogP contribution is 2.31. The first kappa shape index (κ1) is 14.2. The van der Waals surface area contributed by atoms with Gasteiger partial charge in [0.25, 0.3) is 5.91 Å². The molecule has 1 aliphatic heterocycles. The van der Waals surface area contributed by atoms with Gasteiger partial charge in [0, 0.05) is 5.56 Å². The molecule has 0 aromatic heterocycles. The molecule has 0 saturated carbocycles. The Hall–Kier alpha value is -3.38. The molecule has 0 fully saturated rings. The Morgan fingerprint density at radius 2 is 1.71 bits per heavy atom. The van der Waals surface area contributed by atoms with E-state index in [1.54, 1.807) is 11.0 Å². The third-order valence-electron chi connectivity index (χ3n) is 4.30. The van der Waals surface area contributed by atoms with Gasteiger partial charge in [-0.15, -0.1) is 0 Å². The summed E-state index contributed by atoms with van der Waals surface area (Å²) in [4.78, 5) is 14.9. The highest BCUT2D eigenvalue weighted by atomic mass is 16.2. The first-order chi connectivity index (χ1) is 11.8. The summed E-state index contributed by atoms with van der Waals surface area (Å²) in [5, 5.41) is 11.4. The van der Waals surface area contributed by atoms with Crippen LogP contribution in [0.1, 0.15) is 15.9 Å². The Morgan fingerprint density at radius 1 is 0.958 bits per heavy atom. The van der Waals surface area contributed by atoms with Crippen molar-refractivity contribution in [1.29, 1.82) is 5.26 Å². The number of para-hydroxylation sites is 1. The number of carbonyl (C=O) groups is 1. The van der Waals surface area contributed by atoms with Crippen LogP contribution in [0.3, 0.4) is 0 Å². The van der Waals surface area contributed by atoms with Crippen molar-refractivity contribution >= 4 is 28.4 Å². The number of carbonyl (C=O) groups excluding carboxylic acids is 1. The van der Waals surface area contributed by atoms with E-state index in [-0.39, 0.29) is 5.91 Å². The average molecular weight is 310 g/mol. The average Bonchev–Trinajstić information content (AvgIpc) is 2.66. The zero-order valence-corrected chi connectivity index (χ0v) is 12.9. The first-order valence-corrected chi connectivity index (χ1v) is 7.78. The van der Waals surface area contributed by atoms with E-state index < -0.39 is 6.04 Å². The van der Waals surface area contributed by atoms with Crippen LogP contribution >= 0.6 is 0 Å². The maximum Gasteiger partial charge on any atom is 0.260 e. The summed E-state index contributed by atoms with van der Waals surface area (Å²) in [6, 6.07) is 22.7. The summed E-state index contributed by atoms with van der Waals surface area (Å²) in [6.45, 7) is 0. The fraction of sp³-hybridized carbons (Fsp3) is 0.0476. The van der Waals surface area contributed by atoms with E-state index >= 15 is 0 Å². The molecular formula is C21H14N2O. The van der Waals surface area contributed by atoms with E-state index in [9.17, 15) is 10.1 Å². The number of anilines is 1. The second kappa shape index (κ2) is 5.68. The molecule has 0 radical (unpaired) electrons. The minimum absolute atomic E-state index is 0.157. The van der Waals surface area contributed by atoms with E-state index in [4.69, 9.17) is 0 Å². The monoisotopic (exact) mass is 310 g/mol. The Balaban J connectivity index is 1.89. The predicted octanol–water partition coefficient (Wildman–Crippen LogP) is 4.41. The standard InChI is InChI=1S/C21H14N2O/c22-14-17-13-12-16-7-2-4-11-20(16)23(17)21(24)19-10-5-8-15-6-1-3-9-18(15)19/h1-13,17H/t17-/m1/s1. The van der Waals surface area contributed by atoms with E-state index in [0.717, 1.165) is 22.0 Å². The molecule has 0 bridgehead atoms. The second-order valence-corrected chi connectivity index (χ2v) is 5.69. The van der Waals surface area contributed by atoms with Gasteiger partial charge in [-0.25, -0.2) is 0 Å². The highest BCUT2D eigenvalue weighted by Gasteiger charge is 2.29. The Bertz CT molecular complexity index is 1010. The molecule has 1 atom stereocenters. The van der Waals surface area contributed by atoms with Gasteiger partial charge in [0.05, 0.1) is 11.8 Å². The SMILES string of the molecule is N#C[C@H]1C=Cc2ccccc2N1C(=O)c1cccc2ccccc12. The summed E-state index contributed by atoms with van der Waals surface area (Å²) in [5.41, 5.74) is 2.32. The number of nitrogens with zero attached hydrogens (tertiary/aromatic N) is 2. The van der Waals surface area contributed by atoms with Gasteiger partial charge in [0.1, 0.15) is 6.04 Å². The van der Waals surface area contributed by atoms with Gasteiger partial charge in [-0.05, 0) is 34.5 Å². The fourth-order valence-corrected chi connectivity index (χ4v) is 3.16. The molecule has 0 spiro atoms. The fourth-order valence-electron chi connectivity index (χ4n) is 3.16. The van der Waals surface area contributed by atoms with Crippen molar-refractivity contribution in [3.05, 3.63) is 83.9 Å². The summed E-state index contributed by atoms with van der Waals surface area (Å²) in [6.07, 6.45) is 3.67. The number of amides is 1. The molecule has 3 aromatic rings. The largest absolute Gasteiger partial charge is 0.288 e. The second-order valence-electron chi connectivity index (χ2n) is 5.69. The molecule has 1 amide bonds. The topological polar surface area (TPSA) is 44.1 Å². The third kappa shape index (κ3) is 2.17. The summed E-state index contributed by atoms with van der Waals surface area (Å²) < 4.78 is 0. The van der Waals surface area contributed by atoms with E-state index in [1.807, 2.05) is 72.8 Å². The maximum atomic E-state index is 13.3. The van der Waals surface area contributed by atoms with Crippen molar-refractivity contribution in [2.75, 3.05) is 4.90 Å². The van der Waals surface area contributed by atoms with Crippen LogP contribution in [0.5, 0.6) is 0 Å². The van der Waals surface area contributed by atoms with Crippen LogP contribution in [0.4, 0.5) is 5.69 Å². The van der Waals surface area contributed by atoms with Crippen LogP contribution in [-0.2, 0) is 0 Å². The molecule has 0 saturated heterocycles. The molecular weight excluding hydrogens is 296 g/mol. The number of hydrogen-bond acceptors (Lipinski definition) is 2. The molecule has 114 valence electrons. The van der Waals surface area contributed by atoms with Crippen molar-refractivity contribution in [2.24, 2.45) is 0 Å². The smallest absolute Gasteiger partial charge is 0.260 e. The molecule has 1 heterocycles. The van der Waals surface area contributed by atoms with Gasteiger partial charge in [-0.1, -0.05) is 60.7 Å². The van der Waals surface area contributed by atoms with Crippen LogP contribution in [0.15, 0.2) is 72.8 Å². The minimum Gasteiger partial charge on any atom is -0.288 e. The van der Waals surface area contributed by atoms with Gasteiger partial charge in [0.15, 0.2) is 0 Å². The molecule has 3 nitrogen and oxygen atoms in total. The molecule has 24 heavy (non-hydrogen) atoms. The molecule has 0 N–H and O–H groups in total. The summed E-state index contributed by atoms with van der Waals surface area (Å²) >= 11 is 0. The minimum atomic E-state index is -0.605. The van der Waals surface area contributed by atoms with Crippen LogP contribution in [-0.4, -0.2) is 11.9 Å². The molecule has 0 unspecified atom stereocenters. The van der Waals surface area contributed by atoms with Gasteiger partial charge >= 0.3 is 0 Å². The van der Waals surface area contributed by atoms with Gasteiger partial charge in [-0.2, -0.15) is 5.26 Å². The number of hydrogen-bond donors (Lipinski definition) is 0. The molecule has 3 heteroatoms. The van der Waals surface area contributed by atoms with Crippen molar-refractivity contribution in [1.82, 2.24) is 0 Å². The van der Waals surface area contributed by atoms with Gasteiger partial charge in [-0.3, -0.25) is 9.69 Å². The predicted molar refractivity (Wildman–Crippen MR) is 95.6 cm³/mol. The summed E-state index contributed by atoms with van der Waals surface area (Å²) in [5.74, 6) is -0.157. The van der Waals surface area contributed by atoms with Crippen LogP contribution < -0.4 is 4.90 Å². The quantitative estimate of drug-likeness (QED) is 0.668. The zero-order chi connectivity index (χ0) is 16.5. The number of nitriles is 1. The van der Waals surface area contributed by atoms with Crippen molar-refractivity contribution in [3.63, 3.8) is 0 Å². The first-order valence-electron chi connectivity index (χ1n) is 7.78. The molecule has 3 aromatic carbocycles. The van der Waals surface area contributed by atoms with E-state index in [0.29, 0.717) is 5.56 Å². The highest BCUT2D eigenvalue weighted by molar-refractivity contribution is 6.15. The Labute approximate surface area is 140 Å². The normalized spacial score (nSPS) is 15.8. The molecule has 0 aliphatic carbocycles. The Kier molecular flexibility index (Phi) is 3.36. The Morgan fingerprint density at radius 3 is 2.58 bits per heavy atom. The zero-order valence-electron chi connectivity index (χ0n) is 12.9. The van der Waals surface area contributed by atoms with E-state index in [2.05, 4.69) is 6.07 Å². The van der Waals surface area contributed by atoms with Gasteiger partial charge < -0.3 is 0 Å². The van der Waals surface area contributed by atoms with Crippen LogP contribution in [0.2, 0.25) is 0 Å². The molecule has 1 aliphatic rings. The maximum absolute atomic E-state index is 13.3. The van der Waals surface area contributed by atoms with Crippen LogP contribution in [0.25, 0.3) is 16.8 Å². The third-order valence-corrected chi connectivity index (χ3v) is 4.30. The number of benzene rings is 3. The van der Waals surface area contributed by atoms with Crippen LogP contribution in [0, 0.1) is 11.3 Å². The van der Waals surface area contributed by atoms with Crippen molar-refractivity contribution in [2.45, 2.75) is 6.04 Å². The van der Waals surface area contributed by atoms with Crippen molar-refractivity contribution < 1.29 is 4.79 Å². The summed E-state index contributed by atoms with van der Waals surface area (Å²) in [7, 11) is 0. The lowest BCUT2D eigenvalue weighted by atomic mass is 9.99. The lowest BCUT2D eigenvalue weighted by Crippen LogP contribution is -2.40. The number of rotatable bonds is 1. The number of fused-ring (bicyclic) bond motifs is 2. The van der Waals surface area contributed by atoms with Gasteiger partial charge in [0.2, 0.25) is 0 Å². The van der Waals surface area contributed by atoms with Crippen molar-refractivity contribution in [3.8, 4) is 6.07 Å².